The molecular weight excluding hydrogens is 228 g/mol. The van der Waals surface area contributed by atoms with Crippen molar-refractivity contribution in [3.63, 3.8) is 0 Å². The van der Waals surface area contributed by atoms with E-state index in [4.69, 9.17) is 9.47 Å². The number of esters is 1. The number of carbonyl (C=O) groups excluding carboxylic acids is 1. The zero-order valence-corrected chi connectivity index (χ0v) is 10.8. The van der Waals surface area contributed by atoms with Crippen LogP contribution in [0.25, 0.3) is 0 Å². The van der Waals surface area contributed by atoms with Crippen LogP contribution in [-0.2, 0) is 9.53 Å². The topological polar surface area (TPSA) is 35.5 Å². The molecule has 0 radical (unpaired) electrons. The zero-order chi connectivity index (χ0) is 13.5. The summed E-state index contributed by atoms with van der Waals surface area (Å²) >= 11 is 0. The molecule has 1 aromatic rings. The first-order valence-electron chi connectivity index (χ1n) is 5.73. The molecule has 0 spiro atoms. The Kier molecular flexibility index (Phi) is 5.18. The first-order valence-corrected chi connectivity index (χ1v) is 5.73. The summed E-state index contributed by atoms with van der Waals surface area (Å²) in [5.41, 5.74) is 1.77. The van der Waals surface area contributed by atoms with Crippen molar-refractivity contribution in [3.8, 4) is 5.75 Å². The molecule has 3 heteroatoms. The molecule has 0 aliphatic carbocycles. The minimum absolute atomic E-state index is 0.351. The predicted octanol–water partition coefficient (Wildman–Crippen LogP) is 3.35. The summed E-state index contributed by atoms with van der Waals surface area (Å²) in [7, 11) is 0. The number of para-hydroxylation sites is 1. The third-order valence-electron chi connectivity index (χ3n) is 2.40. The van der Waals surface area contributed by atoms with Crippen molar-refractivity contribution in [1.29, 1.82) is 0 Å². The molecule has 0 amide bonds. The van der Waals surface area contributed by atoms with Gasteiger partial charge in [-0.25, -0.2) is 0 Å². The van der Waals surface area contributed by atoms with Gasteiger partial charge in [0, 0.05) is 12.5 Å². The Hall–Kier alpha value is -2.03. The second-order valence-electron chi connectivity index (χ2n) is 3.86. The average Bonchev–Trinajstić information content (AvgIpc) is 2.34. The third-order valence-corrected chi connectivity index (χ3v) is 2.40. The first-order chi connectivity index (χ1) is 8.60. The van der Waals surface area contributed by atoms with Crippen LogP contribution in [0.2, 0.25) is 0 Å². The van der Waals surface area contributed by atoms with Crippen molar-refractivity contribution < 1.29 is 14.3 Å². The van der Waals surface area contributed by atoms with Crippen molar-refractivity contribution in [3.05, 3.63) is 54.6 Å². The van der Waals surface area contributed by atoms with E-state index in [2.05, 4.69) is 13.2 Å². The van der Waals surface area contributed by atoms with Gasteiger partial charge in [-0.2, -0.15) is 0 Å². The van der Waals surface area contributed by atoms with Gasteiger partial charge in [0.1, 0.15) is 18.5 Å². The molecule has 0 fully saturated rings. The molecule has 18 heavy (non-hydrogen) atoms. The minimum atomic E-state index is -0.498. The number of carbonyl (C=O) groups is 1. The van der Waals surface area contributed by atoms with Crippen molar-refractivity contribution in [2.75, 3.05) is 6.61 Å². The van der Waals surface area contributed by atoms with Gasteiger partial charge in [-0.1, -0.05) is 37.4 Å². The fourth-order valence-corrected chi connectivity index (χ4v) is 1.66. The van der Waals surface area contributed by atoms with E-state index in [1.54, 1.807) is 12.2 Å². The predicted molar refractivity (Wildman–Crippen MR) is 71.6 cm³/mol. The summed E-state index contributed by atoms with van der Waals surface area (Å²) in [4.78, 5) is 11.1. The van der Waals surface area contributed by atoms with Gasteiger partial charge < -0.3 is 9.47 Å². The highest BCUT2D eigenvalue weighted by molar-refractivity contribution is 5.66. The number of benzene rings is 1. The van der Waals surface area contributed by atoms with E-state index in [0.29, 0.717) is 12.4 Å². The summed E-state index contributed by atoms with van der Waals surface area (Å²) in [6.45, 7) is 11.0. The first kappa shape index (κ1) is 14.0. The molecule has 0 aliphatic heterocycles. The van der Waals surface area contributed by atoms with E-state index in [1.165, 1.54) is 6.92 Å². The van der Waals surface area contributed by atoms with Gasteiger partial charge in [-0.05, 0) is 18.6 Å². The Bertz CT molecular complexity index is 449. The molecule has 1 atom stereocenters. The van der Waals surface area contributed by atoms with E-state index in [-0.39, 0.29) is 5.97 Å². The molecule has 0 aromatic heterocycles. The van der Waals surface area contributed by atoms with Crippen LogP contribution < -0.4 is 4.74 Å². The Morgan fingerprint density at radius 1 is 1.44 bits per heavy atom. The van der Waals surface area contributed by atoms with E-state index in [0.717, 1.165) is 11.1 Å². The van der Waals surface area contributed by atoms with Gasteiger partial charge in [-0.15, -0.1) is 0 Å². The standard InChI is InChI=1S/C15H18O3/c1-5-10-17-15-11(3)8-7-9-13(15)14(6-2)18-12(4)16/h5-9,14H,1-2,10H2,3-4H3. The summed E-state index contributed by atoms with van der Waals surface area (Å²) in [6, 6.07) is 5.70. The SMILES string of the molecule is C=CCOc1c(C)cccc1C(C=C)OC(C)=O. The number of hydrogen-bond donors (Lipinski definition) is 0. The summed E-state index contributed by atoms with van der Waals surface area (Å²) in [5, 5.41) is 0. The van der Waals surface area contributed by atoms with Crippen molar-refractivity contribution in [1.82, 2.24) is 0 Å². The van der Waals surface area contributed by atoms with Crippen molar-refractivity contribution in [2.24, 2.45) is 0 Å². The van der Waals surface area contributed by atoms with E-state index in [1.807, 2.05) is 25.1 Å². The summed E-state index contributed by atoms with van der Waals surface area (Å²) < 4.78 is 10.8. The second-order valence-corrected chi connectivity index (χ2v) is 3.86. The lowest BCUT2D eigenvalue weighted by Gasteiger charge is -2.18. The lowest BCUT2D eigenvalue weighted by Crippen LogP contribution is -2.09. The Labute approximate surface area is 108 Å². The molecule has 1 rings (SSSR count). The molecule has 3 nitrogen and oxygen atoms in total. The largest absolute Gasteiger partial charge is 0.489 e. The molecule has 0 saturated carbocycles. The van der Waals surface area contributed by atoms with Gasteiger partial charge in [0.05, 0.1) is 0 Å². The van der Waals surface area contributed by atoms with Crippen LogP contribution in [0.15, 0.2) is 43.5 Å². The highest BCUT2D eigenvalue weighted by atomic mass is 16.5. The van der Waals surface area contributed by atoms with Crippen molar-refractivity contribution >= 4 is 5.97 Å². The van der Waals surface area contributed by atoms with Gasteiger partial charge >= 0.3 is 5.97 Å². The van der Waals surface area contributed by atoms with Crippen LogP contribution in [0.4, 0.5) is 0 Å². The molecule has 96 valence electrons. The normalized spacial score (nSPS) is 11.4. The number of hydrogen-bond acceptors (Lipinski definition) is 3. The van der Waals surface area contributed by atoms with Crippen LogP contribution in [0.5, 0.6) is 5.75 Å². The molecule has 1 aromatic carbocycles. The molecule has 0 saturated heterocycles. The molecule has 0 aliphatic rings. The maximum atomic E-state index is 11.1. The number of aryl methyl sites for hydroxylation is 1. The maximum absolute atomic E-state index is 11.1. The maximum Gasteiger partial charge on any atom is 0.303 e. The Morgan fingerprint density at radius 3 is 2.72 bits per heavy atom. The molecule has 1 unspecified atom stereocenters. The van der Waals surface area contributed by atoms with Crippen LogP contribution in [0, 0.1) is 6.92 Å². The average molecular weight is 246 g/mol. The van der Waals surface area contributed by atoms with E-state index in [9.17, 15) is 4.79 Å². The number of ether oxygens (including phenoxy) is 2. The molecular formula is C15H18O3. The van der Waals surface area contributed by atoms with Crippen molar-refractivity contribution in [2.45, 2.75) is 20.0 Å². The lowest BCUT2D eigenvalue weighted by molar-refractivity contribution is -0.144. The van der Waals surface area contributed by atoms with Gasteiger partial charge in [0.2, 0.25) is 0 Å². The monoisotopic (exact) mass is 246 g/mol. The van der Waals surface area contributed by atoms with Gasteiger partial charge in [-0.3, -0.25) is 4.79 Å². The Balaban J connectivity index is 3.11. The highest BCUT2D eigenvalue weighted by Crippen LogP contribution is 2.31. The third kappa shape index (κ3) is 3.48. The Morgan fingerprint density at radius 2 is 2.17 bits per heavy atom. The minimum Gasteiger partial charge on any atom is -0.489 e. The van der Waals surface area contributed by atoms with E-state index < -0.39 is 6.10 Å². The quantitative estimate of drug-likeness (QED) is 0.570. The van der Waals surface area contributed by atoms with Gasteiger partial charge in [0.15, 0.2) is 0 Å². The fraction of sp³-hybridized carbons (Fsp3) is 0.267. The van der Waals surface area contributed by atoms with Crippen LogP contribution in [0.1, 0.15) is 24.2 Å². The van der Waals surface area contributed by atoms with Gasteiger partial charge in [0.25, 0.3) is 0 Å². The summed E-state index contributed by atoms with van der Waals surface area (Å²) in [5.74, 6) is 0.361. The molecule has 0 bridgehead atoms. The van der Waals surface area contributed by atoms with Crippen LogP contribution in [-0.4, -0.2) is 12.6 Å². The van der Waals surface area contributed by atoms with E-state index >= 15 is 0 Å². The smallest absolute Gasteiger partial charge is 0.303 e. The summed E-state index contributed by atoms with van der Waals surface area (Å²) in [6.07, 6.45) is 2.75. The zero-order valence-electron chi connectivity index (χ0n) is 10.8. The van der Waals surface area contributed by atoms with Crippen LogP contribution >= 0.6 is 0 Å². The molecule has 0 N–H and O–H groups in total. The molecule has 0 heterocycles. The second kappa shape index (κ2) is 6.64. The number of rotatable bonds is 6. The lowest BCUT2D eigenvalue weighted by atomic mass is 10.0. The highest BCUT2D eigenvalue weighted by Gasteiger charge is 2.17. The van der Waals surface area contributed by atoms with Crippen LogP contribution in [0.3, 0.4) is 0 Å². The fourth-order valence-electron chi connectivity index (χ4n) is 1.66.